The minimum absolute atomic E-state index is 0.0122. The van der Waals surface area contributed by atoms with E-state index in [2.05, 4.69) is 22.8 Å². The summed E-state index contributed by atoms with van der Waals surface area (Å²) in [7, 11) is 0. The maximum atomic E-state index is 11.2. The SMILES string of the molecule is CC(=O)Nc1cccc(NC2C3CC4CC(C3)CC2C4)c1. The van der Waals surface area contributed by atoms with E-state index in [4.69, 9.17) is 0 Å². The molecule has 112 valence electrons. The van der Waals surface area contributed by atoms with Gasteiger partial charge in [0.05, 0.1) is 0 Å². The molecular formula is C18H24N2O. The van der Waals surface area contributed by atoms with Gasteiger partial charge >= 0.3 is 0 Å². The van der Waals surface area contributed by atoms with Crippen LogP contribution in [-0.4, -0.2) is 11.9 Å². The number of benzene rings is 1. The fraction of sp³-hybridized carbons (Fsp3) is 0.611. The summed E-state index contributed by atoms with van der Waals surface area (Å²) >= 11 is 0. The standard InChI is InChI=1S/C18H24N2O/c1-11(21)19-16-3-2-4-17(10-16)20-18-14-6-12-5-13(8-14)9-15(18)7-12/h2-4,10,12-15,18,20H,5-9H2,1H3,(H,19,21). The van der Waals surface area contributed by atoms with Crippen LogP contribution in [0.4, 0.5) is 11.4 Å². The van der Waals surface area contributed by atoms with Gasteiger partial charge in [0.25, 0.3) is 0 Å². The third kappa shape index (κ3) is 2.54. The lowest BCUT2D eigenvalue weighted by Crippen LogP contribution is -2.51. The number of anilines is 2. The molecule has 1 amide bonds. The third-order valence-corrected chi connectivity index (χ3v) is 5.74. The van der Waals surface area contributed by atoms with Gasteiger partial charge in [0, 0.05) is 24.3 Å². The molecular weight excluding hydrogens is 260 g/mol. The first-order valence-corrected chi connectivity index (χ1v) is 8.31. The van der Waals surface area contributed by atoms with Crippen LogP contribution < -0.4 is 10.6 Å². The molecule has 0 unspecified atom stereocenters. The van der Waals surface area contributed by atoms with Crippen LogP contribution in [0.25, 0.3) is 0 Å². The van der Waals surface area contributed by atoms with Crippen molar-refractivity contribution < 1.29 is 4.79 Å². The number of hydrogen-bond acceptors (Lipinski definition) is 2. The molecule has 5 rings (SSSR count). The van der Waals surface area contributed by atoms with Crippen LogP contribution in [0.2, 0.25) is 0 Å². The van der Waals surface area contributed by atoms with E-state index in [1.165, 1.54) is 32.1 Å². The van der Waals surface area contributed by atoms with Crippen molar-refractivity contribution in [2.75, 3.05) is 10.6 Å². The molecule has 0 atom stereocenters. The van der Waals surface area contributed by atoms with Gasteiger partial charge in [0.15, 0.2) is 0 Å². The molecule has 0 radical (unpaired) electrons. The summed E-state index contributed by atoms with van der Waals surface area (Å²) in [5.74, 6) is 3.74. The van der Waals surface area contributed by atoms with Crippen molar-refractivity contribution in [3.05, 3.63) is 24.3 Å². The van der Waals surface area contributed by atoms with Gasteiger partial charge in [0.1, 0.15) is 0 Å². The Hall–Kier alpha value is -1.51. The van der Waals surface area contributed by atoms with Crippen molar-refractivity contribution in [1.82, 2.24) is 0 Å². The Bertz CT molecular complexity index is 526. The molecule has 2 N–H and O–H groups in total. The van der Waals surface area contributed by atoms with Crippen LogP contribution in [0.3, 0.4) is 0 Å². The van der Waals surface area contributed by atoms with Crippen LogP contribution in [0.5, 0.6) is 0 Å². The Balaban J connectivity index is 1.50. The number of carbonyl (C=O) groups is 1. The molecule has 3 nitrogen and oxygen atoms in total. The van der Waals surface area contributed by atoms with Crippen molar-refractivity contribution in [3.63, 3.8) is 0 Å². The lowest BCUT2D eigenvalue weighted by molar-refractivity contribution is -0.114. The molecule has 0 spiro atoms. The second kappa shape index (κ2) is 5.04. The summed E-state index contributed by atoms with van der Waals surface area (Å²) < 4.78 is 0. The smallest absolute Gasteiger partial charge is 0.221 e. The second-order valence-electron chi connectivity index (χ2n) is 7.36. The molecule has 0 heterocycles. The zero-order valence-electron chi connectivity index (χ0n) is 12.6. The van der Waals surface area contributed by atoms with Crippen molar-refractivity contribution in [2.24, 2.45) is 23.7 Å². The van der Waals surface area contributed by atoms with Gasteiger partial charge < -0.3 is 10.6 Å². The summed E-state index contributed by atoms with van der Waals surface area (Å²) in [5, 5.41) is 6.65. The molecule has 0 aromatic heterocycles. The van der Waals surface area contributed by atoms with Gasteiger partial charge in [-0.2, -0.15) is 0 Å². The topological polar surface area (TPSA) is 41.1 Å². The lowest BCUT2D eigenvalue weighted by Gasteiger charge is -2.54. The normalized spacial score (nSPS) is 36.5. The molecule has 4 bridgehead atoms. The van der Waals surface area contributed by atoms with E-state index in [-0.39, 0.29) is 5.91 Å². The number of nitrogens with one attached hydrogen (secondary N) is 2. The highest BCUT2D eigenvalue weighted by molar-refractivity contribution is 5.89. The summed E-state index contributed by atoms with van der Waals surface area (Å²) in [4.78, 5) is 11.2. The Labute approximate surface area is 126 Å². The van der Waals surface area contributed by atoms with Crippen molar-refractivity contribution in [1.29, 1.82) is 0 Å². The fourth-order valence-corrected chi connectivity index (χ4v) is 5.24. The Kier molecular flexibility index (Phi) is 3.16. The van der Waals surface area contributed by atoms with Crippen molar-refractivity contribution >= 4 is 17.3 Å². The molecule has 4 aliphatic carbocycles. The Morgan fingerprint density at radius 2 is 1.62 bits per heavy atom. The van der Waals surface area contributed by atoms with Gasteiger partial charge in [-0.1, -0.05) is 6.07 Å². The number of rotatable bonds is 3. The largest absolute Gasteiger partial charge is 0.382 e. The lowest BCUT2D eigenvalue weighted by atomic mass is 9.54. The molecule has 1 aromatic carbocycles. The minimum atomic E-state index is -0.0122. The first-order valence-electron chi connectivity index (χ1n) is 8.31. The molecule has 0 aliphatic heterocycles. The summed E-state index contributed by atoms with van der Waals surface area (Å²) in [6.07, 6.45) is 7.20. The van der Waals surface area contributed by atoms with E-state index in [0.717, 1.165) is 35.0 Å². The molecule has 3 heteroatoms. The summed E-state index contributed by atoms with van der Waals surface area (Å²) in [5.41, 5.74) is 2.04. The summed E-state index contributed by atoms with van der Waals surface area (Å²) in [6.45, 7) is 1.55. The number of hydrogen-bond donors (Lipinski definition) is 2. The van der Waals surface area contributed by atoms with E-state index in [0.29, 0.717) is 6.04 Å². The molecule has 0 saturated heterocycles. The molecule has 4 aliphatic rings. The van der Waals surface area contributed by atoms with Gasteiger partial charge in [-0.15, -0.1) is 0 Å². The fourth-order valence-electron chi connectivity index (χ4n) is 5.24. The summed E-state index contributed by atoms with van der Waals surface area (Å²) in [6, 6.07) is 8.79. The molecule has 4 fully saturated rings. The Morgan fingerprint density at radius 1 is 1.00 bits per heavy atom. The first kappa shape index (κ1) is 13.2. The number of carbonyl (C=O) groups excluding carboxylic acids is 1. The van der Waals surface area contributed by atoms with Crippen LogP contribution >= 0.6 is 0 Å². The Morgan fingerprint density at radius 3 is 2.24 bits per heavy atom. The van der Waals surface area contributed by atoms with E-state index < -0.39 is 0 Å². The van der Waals surface area contributed by atoms with Crippen molar-refractivity contribution in [2.45, 2.75) is 45.1 Å². The molecule has 4 saturated carbocycles. The average Bonchev–Trinajstić information content (AvgIpc) is 2.42. The maximum Gasteiger partial charge on any atom is 0.221 e. The second-order valence-corrected chi connectivity index (χ2v) is 7.36. The van der Waals surface area contributed by atoms with Gasteiger partial charge in [-0.25, -0.2) is 0 Å². The molecule has 21 heavy (non-hydrogen) atoms. The predicted molar refractivity (Wildman–Crippen MR) is 85.2 cm³/mol. The van der Waals surface area contributed by atoms with E-state index >= 15 is 0 Å². The first-order chi connectivity index (χ1) is 10.2. The zero-order valence-corrected chi connectivity index (χ0v) is 12.6. The van der Waals surface area contributed by atoms with E-state index in [1.54, 1.807) is 6.92 Å². The highest BCUT2D eigenvalue weighted by Gasteiger charge is 2.48. The van der Waals surface area contributed by atoms with Gasteiger partial charge in [0.2, 0.25) is 5.91 Å². The third-order valence-electron chi connectivity index (χ3n) is 5.74. The monoisotopic (exact) mass is 284 g/mol. The van der Waals surface area contributed by atoms with Crippen LogP contribution in [0.15, 0.2) is 24.3 Å². The van der Waals surface area contributed by atoms with E-state index in [1.807, 2.05) is 12.1 Å². The van der Waals surface area contributed by atoms with E-state index in [9.17, 15) is 4.79 Å². The average molecular weight is 284 g/mol. The van der Waals surface area contributed by atoms with Gasteiger partial charge in [-0.05, 0) is 74.0 Å². The highest BCUT2D eigenvalue weighted by Crippen LogP contribution is 2.54. The zero-order chi connectivity index (χ0) is 14.4. The quantitative estimate of drug-likeness (QED) is 0.884. The van der Waals surface area contributed by atoms with Crippen molar-refractivity contribution in [3.8, 4) is 0 Å². The predicted octanol–water partition coefficient (Wildman–Crippen LogP) is 3.88. The van der Waals surface area contributed by atoms with Crippen LogP contribution in [0, 0.1) is 23.7 Å². The maximum absolute atomic E-state index is 11.2. The minimum Gasteiger partial charge on any atom is -0.382 e. The highest BCUT2D eigenvalue weighted by atomic mass is 16.1. The number of amides is 1. The molecule has 1 aromatic rings. The van der Waals surface area contributed by atoms with Gasteiger partial charge in [-0.3, -0.25) is 4.79 Å². The van der Waals surface area contributed by atoms with Crippen LogP contribution in [-0.2, 0) is 4.79 Å². The van der Waals surface area contributed by atoms with Crippen LogP contribution in [0.1, 0.15) is 39.0 Å².